The van der Waals surface area contributed by atoms with E-state index in [0.717, 1.165) is 0 Å². The lowest BCUT2D eigenvalue weighted by Crippen LogP contribution is -2.01. The second-order valence-corrected chi connectivity index (χ2v) is 6.64. The largest absolute Gasteiger partial charge is 0.508 e. The first-order valence-corrected chi connectivity index (χ1v) is 8.98. The second-order valence-electron chi connectivity index (χ2n) is 6.64. The summed E-state index contributed by atoms with van der Waals surface area (Å²) in [6.07, 6.45) is 0. The highest BCUT2D eigenvalue weighted by Crippen LogP contribution is 2.39. The van der Waals surface area contributed by atoms with Gasteiger partial charge in [0.25, 0.3) is 0 Å². The van der Waals surface area contributed by atoms with Crippen molar-refractivity contribution in [1.29, 1.82) is 0 Å². The Kier molecular flexibility index (Phi) is 4.67. The molecule has 152 valence electrons. The number of hydrogen-bond acceptors (Lipinski definition) is 7. The molecule has 0 saturated heterocycles. The van der Waals surface area contributed by atoms with E-state index < -0.39 is 11.2 Å². The maximum Gasteiger partial charge on any atom is 0.227 e. The number of rotatable bonds is 4. The van der Waals surface area contributed by atoms with Gasteiger partial charge < -0.3 is 29.5 Å². The SMILES string of the molecule is COc1ccc(-c2nc(-c3ccc(O)cc3O)[nH]c2-c2oc(C)cc(=O)c2O)cc1. The highest BCUT2D eigenvalue weighted by Gasteiger charge is 2.23. The highest BCUT2D eigenvalue weighted by atomic mass is 16.5. The minimum Gasteiger partial charge on any atom is -0.508 e. The number of aromatic nitrogens is 2. The third-order valence-electron chi connectivity index (χ3n) is 4.58. The molecule has 2 aromatic carbocycles. The maximum atomic E-state index is 12.1. The smallest absolute Gasteiger partial charge is 0.227 e. The van der Waals surface area contributed by atoms with Crippen molar-refractivity contribution >= 4 is 0 Å². The van der Waals surface area contributed by atoms with Gasteiger partial charge in [-0.2, -0.15) is 0 Å². The van der Waals surface area contributed by atoms with E-state index in [1.54, 1.807) is 38.3 Å². The zero-order chi connectivity index (χ0) is 21.4. The zero-order valence-corrected chi connectivity index (χ0v) is 16.1. The number of aryl methyl sites for hydroxylation is 1. The monoisotopic (exact) mass is 406 g/mol. The van der Waals surface area contributed by atoms with Gasteiger partial charge in [0, 0.05) is 17.7 Å². The number of ether oxygens (including phenoxy) is 1. The predicted molar refractivity (Wildman–Crippen MR) is 110 cm³/mol. The van der Waals surface area contributed by atoms with Crippen molar-refractivity contribution in [3.8, 4) is 57.1 Å². The van der Waals surface area contributed by atoms with Gasteiger partial charge in [-0.25, -0.2) is 4.98 Å². The van der Waals surface area contributed by atoms with Crippen LogP contribution in [0.15, 0.2) is 57.7 Å². The first-order valence-electron chi connectivity index (χ1n) is 8.98. The Balaban J connectivity index is 1.97. The molecule has 0 fully saturated rings. The Labute approximate surface area is 170 Å². The van der Waals surface area contributed by atoms with Gasteiger partial charge in [-0.15, -0.1) is 0 Å². The van der Waals surface area contributed by atoms with Gasteiger partial charge in [-0.05, 0) is 43.3 Å². The molecule has 2 heterocycles. The summed E-state index contributed by atoms with van der Waals surface area (Å²) in [6, 6.07) is 12.3. The minimum absolute atomic E-state index is 0.0668. The van der Waals surface area contributed by atoms with Crippen LogP contribution in [0.3, 0.4) is 0 Å². The average molecular weight is 406 g/mol. The van der Waals surface area contributed by atoms with E-state index in [1.165, 1.54) is 24.3 Å². The number of phenolic OH excluding ortho intramolecular Hbond substituents is 2. The van der Waals surface area contributed by atoms with Crippen LogP contribution in [0.25, 0.3) is 34.1 Å². The summed E-state index contributed by atoms with van der Waals surface area (Å²) in [4.78, 5) is 19.7. The molecule has 30 heavy (non-hydrogen) atoms. The van der Waals surface area contributed by atoms with Crippen molar-refractivity contribution in [3.05, 3.63) is 64.5 Å². The van der Waals surface area contributed by atoms with Crippen LogP contribution in [0.1, 0.15) is 5.76 Å². The number of phenols is 2. The summed E-state index contributed by atoms with van der Waals surface area (Å²) in [5.74, 6) is 0.321. The molecular formula is C22H18N2O6. The van der Waals surface area contributed by atoms with Crippen LogP contribution in [-0.4, -0.2) is 32.4 Å². The molecule has 0 amide bonds. The number of aromatic hydroxyl groups is 3. The molecule has 4 N–H and O–H groups in total. The molecule has 0 aliphatic carbocycles. The third kappa shape index (κ3) is 3.35. The number of benzene rings is 2. The Morgan fingerprint density at radius 1 is 1.03 bits per heavy atom. The quantitative estimate of drug-likeness (QED) is 0.406. The van der Waals surface area contributed by atoms with Gasteiger partial charge in [-0.1, -0.05) is 0 Å². The van der Waals surface area contributed by atoms with Crippen LogP contribution in [0.2, 0.25) is 0 Å². The third-order valence-corrected chi connectivity index (χ3v) is 4.58. The van der Waals surface area contributed by atoms with Crippen molar-refractivity contribution in [3.63, 3.8) is 0 Å². The molecule has 2 aromatic heterocycles. The van der Waals surface area contributed by atoms with Crippen molar-refractivity contribution < 1.29 is 24.5 Å². The van der Waals surface area contributed by atoms with Gasteiger partial charge in [0.2, 0.25) is 11.2 Å². The fourth-order valence-electron chi connectivity index (χ4n) is 3.12. The lowest BCUT2D eigenvalue weighted by Gasteiger charge is -2.06. The number of imidazole rings is 1. The molecule has 0 saturated carbocycles. The number of methoxy groups -OCH3 is 1. The second kappa shape index (κ2) is 7.32. The van der Waals surface area contributed by atoms with E-state index in [9.17, 15) is 20.1 Å². The van der Waals surface area contributed by atoms with Crippen molar-refractivity contribution in [2.75, 3.05) is 7.11 Å². The van der Waals surface area contributed by atoms with Crippen molar-refractivity contribution in [1.82, 2.24) is 9.97 Å². The number of hydrogen-bond donors (Lipinski definition) is 4. The Bertz CT molecular complexity index is 1290. The predicted octanol–water partition coefficient (Wildman–Crippen LogP) is 3.80. The lowest BCUT2D eigenvalue weighted by atomic mass is 10.1. The topological polar surface area (TPSA) is 129 Å². The molecule has 8 nitrogen and oxygen atoms in total. The highest BCUT2D eigenvalue weighted by molar-refractivity contribution is 5.82. The van der Waals surface area contributed by atoms with E-state index in [-0.39, 0.29) is 28.8 Å². The summed E-state index contributed by atoms with van der Waals surface area (Å²) in [6.45, 7) is 1.60. The molecule has 0 spiro atoms. The first kappa shape index (κ1) is 19.1. The average Bonchev–Trinajstić information content (AvgIpc) is 3.15. The molecular weight excluding hydrogens is 388 g/mol. The van der Waals surface area contributed by atoms with Gasteiger partial charge in [0.05, 0.1) is 12.7 Å². The van der Waals surface area contributed by atoms with E-state index in [4.69, 9.17) is 9.15 Å². The van der Waals surface area contributed by atoms with E-state index in [0.29, 0.717) is 28.3 Å². The van der Waals surface area contributed by atoms with Gasteiger partial charge in [0.1, 0.15) is 40.2 Å². The van der Waals surface area contributed by atoms with Crippen LogP contribution in [-0.2, 0) is 0 Å². The maximum absolute atomic E-state index is 12.1. The van der Waals surface area contributed by atoms with Crippen molar-refractivity contribution in [2.45, 2.75) is 6.92 Å². The van der Waals surface area contributed by atoms with Crippen LogP contribution >= 0.6 is 0 Å². The van der Waals surface area contributed by atoms with Crippen molar-refractivity contribution in [2.24, 2.45) is 0 Å². The van der Waals surface area contributed by atoms with Crippen LogP contribution in [0.5, 0.6) is 23.0 Å². The van der Waals surface area contributed by atoms with Gasteiger partial charge in [0.15, 0.2) is 5.76 Å². The molecule has 0 aliphatic rings. The Morgan fingerprint density at radius 3 is 2.43 bits per heavy atom. The van der Waals surface area contributed by atoms with E-state index in [1.807, 2.05) is 0 Å². The molecule has 4 aromatic rings. The van der Waals surface area contributed by atoms with Gasteiger partial charge in [-0.3, -0.25) is 4.79 Å². The zero-order valence-electron chi connectivity index (χ0n) is 16.1. The normalized spacial score (nSPS) is 10.9. The summed E-state index contributed by atoms with van der Waals surface area (Å²) >= 11 is 0. The summed E-state index contributed by atoms with van der Waals surface area (Å²) in [5, 5.41) is 30.1. The van der Waals surface area contributed by atoms with E-state index >= 15 is 0 Å². The van der Waals surface area contributed by atoms with Crippen LogP contribution < -0.4 is 10.2 Å². The standard InChI is InChI=1S/C22H18N2O6/c1-11-9-17(27)20(28)21(30-11)19-18(12-3-6-14(29-2)7-4-12)23-22(24-19)15-8-5-13(25)10-16(15)26/h3-10,25-26,28H,1-2H3,(H,23,24). The first-order chi connectivity index (χ1) is 14.4. The Morgan fingerprint density at radius 2 is 1.77 bits per heavy atom. The molecule has 0 aliphatic heterocycles. The number of H-pyrrole nitrogens is 1. The molecule has 8 heteroatoms. The molecule has 0 radical (unpaired) electrons. The summed E-state index contributed by atoms with van der Waals surface area (Å²) < 4.78 is 10.8. The summed E-state index contributed by atoms with van der Waals surface area (Å²) in [7, 11) is 1.56. The number of nitrogens with zero attached hydrogens (tertiary/aromatic N) is 1. The number of nitrogens with one attached hydrogen (secondary N) is 1. The summed E-state index contributed by atoms with van der Waals surface area (Å²) in [5.41, 5.74) is 1.06. The fourth-order valence-corrected chi connectivity index (χ4v) is 3.12. The molecule has 4 rings (SSSR count). The molecule has 0 unspecified atom stereocenters. The lowest BCUT2D eigenvalue weighted by molar-refractivity contribution is 0.415. The van der Waals surface area contributed by atoms with Crippen LogP contribution in [0, 0.1) is 6.92 Å². The molecule has 0 atom stereocenters. The van der Waals surface area contributed by atoms with Gasteiger partial charge >= 0.3 is 0 Å². The fraction of sp³-hybridized carbons (Fsp3) is 0.0909. The minimum atomic E-state index is -0.585. The number of aromatic amines is 1. The Hall–Kier alpha value is -4.20. The molecule has 0 bridgehead atoms. The van der Waals surface area contributed by atoms with Crippen LogP contribution in [0.4, 0.5) is 0 Å². The van der Waals surface area contributed by atoms with E-state index in [2.05, 4.69) is 9.97 Å².